The number of aromatic nitrogens is 1. The smallest absolute Gasteiger partial charge is 0.147 e. The van der Waals surface area contributed by atoms with Crippen LogP contribution in [0.4, 0.5) is 10.8 Å². The molecule has 5 heteroatoms. The molecule has 3 rings (SSSR count). The average Bonchev–Trinajstić information content (AvgIpc) is 2.90. The van der Waals surface area contributed by atoms with Gasteiger partial charge in [-0.15, -0.1) is 0 Å². The van der Waals surface area contributed by atoms with Gasteiger partial charge in [-0.2, -0.15) is 4.37 Å². The van der Waals surface area contributed by atoms with Gasteiger partial charge in [0.25, 0.3) is 0 Å². The molecule has 1 atom stereocenters. The lowest BCUT2D eigenvalue weighted by molar-refractivity contribution is 0.258. The van der Waals surface area contributed by atoms with E-state index in [1.807, 2.05) is 6.07 Å². The van der Waals surface area contributed by atoms with Crippen molar-refractivity contribution >= 4 is 22.4 Å². The van der Waals surface area contributed by atoms with Crippen LogP contribution in [-0.4, -0.2) is 42.5 Å². The van der Waals surface area contributed by atoms with Crippen molar-refractivity contribution in [2.75, 3.05) is 37.8 Å². The largest absolute Gasteiger partial charge is 0.382 e. The molecule has 21 heavy (non-hydrogen) atoms. The van der Waals surface area contributed by atoms with Crippen LogP contribution < -0.4 is 10.6 Å². The van der Waals surface area contributed by atoms with E-state index < -0.39 is 0 Å². The normalized spacial score (nSPS) is 19.2. The number of likely N-dealkylation sites (N-methyl/N-ethyl adjacent to an activating group) is 1. The van der Waals surface area contributed by atoms with E-state index in [4.69, 9.17) is 5.73 Å². The Morgan fingerprint density at radius 2 is 2.05 bits per heavy atom. The number of hydrogen-bond donors (Lipinski definition) is 1. The quantitative estimate of drug-likeness (QED) is 0.947. The van der Waals surface area contributed by atoms with E-state index in [9.17, 15) is 0 Å². The molecule has 1 fully saturated rings. The predicted octanol–water partition coefficient (Wildman–Crippen LogP) is 2.92. The zero-order chi connectivity index (χ0) is 14.8. The predicted molar refractivity (Wildman–Crippen MR) is 90.9 cm³/mol. The van der Waals surface area contributed by atoms with Crippen LogP contribution in [0.25, 0.3) is 11.1 Å². The van der Waals surface area contributed by atoms with E-state index in [1.54, 1.807) is 0 Å². The van der Waals surface area contributed by atoms with Crippen molar-refractivity contribution in [1.82, 2.24) is 9.27 Å². The SMILES string of the molecule is CN(C)C1CCCN(c2snc(N)c2-c2ccccc2)C1. The Hall–Kier alpha value is -1.59. The fraction of sp³-hybridized carbons (Fsp3) is 0.438. The maximum atomic E-state index is 6.14. The number of piperidine rings is 1. The Balaban J connectivity index is 1.93. The second-order valence-corrected chi connectivity index (χ2v) is 6.57. The summed E-state index contributed by atoms with van der Waals surface area (Å²) >= 11 is 1.52. The molecule has 2 aromatic rings. The van der Waals surface area contributed by atoms with Crippen LogP contribution in [0.15, 0.2) is 30.3 Å². The second-order valence-electron chi connectivity index (χ2n) is 5.82. The monoisotopic (exact) mass is 302 g/mol. The zero-order valence-corrected chi connectivity index (χ0v) is 13.4. The first-order valence-electron chi connectivity index (χ1n) is 7.38. The number of hydrogen-bond acceptors (Lipinski definition) is 5. The molecule has 0 saturated carbocycles. The van der Waals surface area contributed by atoms with Gasteiger partial charge in [0.2, 0.25) is 0 Å². The summed E-state index contributed by atoms with van der Waals surface area (Å²) in [6, 6.07) is 10.9. The molecule has 1 aromatic carbocycles. The molecular weight excluding hydrogens is 280 g/mol. The lowest BCUT2D eigenvalue weighted by atomic mass is 10.0. The van der Waals surface area contributed by atoms with Gasteiger partial charge in [-0.3, -0.25) is 0 Å². The molecule has 1 saturated heterocycles. The summed E-state index contributed by atoms with van der Waals surface area (Å²) in [6.07, 6.45) is 2.48. The lowest BCUT2D eigenvalue weighted by Crippen LogP contribution is -2.45. The topological polar surface area (TPSA) is 45.4 Å². The van der Waals surface area contributed by atoms with Crippen LogP contribution >= 0.6 is 11.5 Å². The van der Waals surface area contributed by atoms with E-state index in [1.165, 1.54) is 29.4 Å². The Labute approximate surface area is 130 Å². The first kappa shape index (κ1) is 14.4. The summed E-state index contributed by atoms with van der Waals surface area (Å²) < 4.78 is 4.40. The van der Waals surface area contributed by atoms with E-state index in [0.29, 0.717) is 11.9 Å². The van der Waals surface area contributed by atoms with Gasteiger partial charge < -0.3 is 15.5 Å². The van der Waals surface area contributed by atoms with Crippen LogP contribution in [-0.2, 0) is 0 Å². The maximum Gasteiger partial charge on any atom is 0.147 e. The van der Waals surface area contributed by atoms with Crippen molar-refractivity contribution in [1.29, 1.82) is 0 Å². The molecule has 2 heterocycles. The van der Waals surface area contributed by atoms with Gasteiger partial charge >= 0.3 is 0 Å². The van der Waals surface area contributed by atoms with Gasteiger partial charge in [0, 0.05) is 19.1 Å². The standard InChI is InChI=1S/C16H22N4S/c1-19(2)13-9-6-10-20(11-13)16-14(15(17)18-21-16)12-7-4-3-5-8-12/h3-5,7-8,13H,6,9-11H2,1-2H3,(H2,17,18). The Kier molecular flexibility index (Phi) is 4.12. The molecule has 112 valence electrons. The number of anilines is 2. The summed E-state index contributed by atoms with van der Waals surface area (Å²) in [5, 5.41) is 1.21. The van der Waals surface area contributed by atoms with Crippen LogP contribution in [0, 0.1) is 0 Å². The van der Waals surface area contributed by atoms with Crippen molar-refractivity contribution in [2.45, 2.75) is 18.9 Å². The van der Waals surface area contributed by atoms with E-state index in [-0.39, 0.29) is 0 Å². The fourth-order valence-corrected chi connectivity index (χ4v) is 3.82. The van der Waals surface area contributed by atoms with Gasteiger partial charge in [0.1, 0.15) is 10.8 Å². The third-order valence-corrected chi connectivity index (χ3v) is 5.10. The minimum absolute atomic E-state index is 0.602. The van der Waals surface area contributed by atoms with Crippen LogP contribution in [0.1, 0.15) is 12.8 Å². The molecule has 1 unspecified atom stereocenters. The number of nitrogen functional groups attached to an aromatic ring is 1. The lowest BCUT2D eigenvalue weighted by Gasteiger charge is -2.37. The van der Waals surface area contributed by atoms with Crippen molar-refractivity contribution in [3.05, 3.63) is 30.3 Å². The van der Waals surface area contributed by atoms with Crippen molar-refractivity contribution in [3.63, 3.8) is 0 Å². The van der Waals surface area contributed by atoms with Crippen LogP contribution in [0.5, 0.6) is 0 Å². The van der Waals surface area contributed by atoms with E-state index in [2.05, 4.69) is 52.5 Å². The Morgan fingerprint density at radius 3 is 2.76 bits per heavy atom. The Morgan fingerprint density at radius 1 is 1.29 bits per heavy atom. The summed E-state index contributed by atoms with van der Waals surface area (Å²) in [7, 11) is 4.32. The molecular formula is C16H22N4S. The molecule has 0 radical (unpaired) electrons. The molecule has 0 spiro atoms. The highest BCUT2D eigenvalue weighted by molar-refractivity contribution is 7.11. The van der Waals surface area contributed by atoms with Gasteiger partial charge in [-0.05, 0) is 44.0 Å². The second kappa shape index (κ2) is 6.03. The van der Waals surface area contributed by atoms with E-state index in [0.717, 1.165) is 24.2 Å². The summed E-state index contributed by atoms with van der Waals surface area (Å²) in [5.41, 5.74) is 8.39. The minimum atomic E-state index is 0.602. The molecule has 1 aliphatic heterocycles. The number of nitrogens with zero attached hydrogens (tertiary/aromatic N) is 3. The first-order valence-corrected chi connectivity index (χ1v) is 8.16. The number of nitrogens with two attached hydrogens (primary N) is 1. The molecule has 1 aliphatic rings. The number of rotatable bonds is 3. The third kappa shape index (κ3) is 2.89. The van der Waals surface area contributed by atoms with Gasteiger partial charge in [0.15, 0.2) is 0 Å². The van der Waals surface area contributed by atoms with Crippen molar-refractivity contribution < 1.29 is 0 Å². The molecule has 0 bridgehead atoms. The molecule has 0 aliphatic carbocycles. The first-order chi connectivity index (χ1) is 10.2. The van der Waals surface area contributed by atoms with E-state index >= 15 is 0 Å². The highest BCUT2D eigenvalue weighted by Gasteiger charge is 2.26. The van der Waals surface area contributed by atoms with Crippen LogP contribution in [0.2, 0.25) is 0 Å². The molecule has 2 N–H and O–H groups in total. The highest BCUT2D eigenvalue weighted by Crippen LogP contribution is 2.40. The average molecular weight is 302 g/mol. The molecule has 1 aromatic heterocycles. The van der Waals surface area contributed by atoms with Gasteiger partial charge in [0.05, 0.1) is 5.56 Å². The molecule has 4 nitrogen and oxygen atoms in total. The van der Waals surface area contributed by atoms with Gasteiger partial charge in [-0.25, -0.2) is 0 Å². The fourth-order valence-electron chi connectivity index (χ4n) is 2.95. The summed E-state index contributed by atoms with van der Waals surface area (Å²) in [5.74, 6) is 0.646. The molecule has 0 amide bonds. The minimum Gasteiger partial charge on any atom is -0.382 e. The third-order valence-electron chi connectivity index (χ3n) is 4.18. The van der Waals surface area contributed by atoms with Crippen LogP contribution in [0.3, 0.4) is 0 Å². The summed E-state index contributed by atoms with van der Waals surface area (Å²) in [4.78, 5) is 4.77. The summed E-state index contributed by atoms with van der Waals surface area (Å²) in [6.45, 7) is 2.14. The van der Waals surface area contributed by atoms with Gasteiger partial charge in [-0.1, -0.05) is 30.3 Å². The van der Waals surface area contributed by atoms with Crippen molar-refractivity contribution in [2.24, 2.45) is 0 Å². The number of benzene rings is 1. The van der Waals surface area contributed by atoms with Crippen molar-refractivity contribution in [3.8, 4) is 11.1 Å². The highest BCUT2D eigenvalue weighted by atomic mass is 32.1. The zero-order valence-electron chi connectivity index (χ0n) is 12.6. The Bertz CT molecular complexity index is 594. The maximum absolute atomic E-state index is 6.14.